The second kappa shape index (κ2) is 3.66. The lowest BCUT2D eigenvalue weighted by molar-refractivity contribution is -0.104. The number of ketones is 1. The van der Waals surface area contributed by atoms with Crippen molar-refractivity contribution in [3.05, 3.63) is 35.9 Å². The Morgan fingerprint density at radius 1 is 1.06 bits per heavy atom. The van der Waals surface area contributed by atoms with Crippen molar-refractivity contribution in [3.8, 4) is 11.5 Å². The third kappa shape index (κ3) is 1.40. The van der Waals surface area contributed by atoms with E-state index >= 15 is 0 Å². The lowest BCUT2D eigenvalue weighted by Crippen LogP contribution is -2.00. The highest BCUT2D eigenvalue weighted by Gasteiger charge is 2.13. The van der Waals surface area contributed by atoms with Crippen LogP contribution >= 0.6 is 0 Å². The van der Waals surface area contributed by atoms with E-state index in [1.54, 1.807) is 6.07 Å². The Hall–Kier alpha value is -2.36. The van der Waals surface area contributed by atoms with Crippen molar-refractivity contribution in [2.45, 2.75) is 0 Å². The van der Waals surface area contributed by atoms with Crippen molar-refractivity contribution in [2.75, 3.05) is 0 Å². The summed E-state index contributed by atoms with van der Waals surface area (Å²) in [6.07, 6.45) is 0.179. The van der Waals surface area contributed by atoms with Gasteiger partial charge in [-0.2, -0.15) is 0 Å². The van der Waals surface area contributed by atoms with Crippen LogP contribution in [-0.4, -0.2) is 22.3 Å². The number of aromatic hydroxyl groups is 2. The molecule has 0 heterocycles. The standard InChI is InChI=1S/C12H8O4/c13-6-11(16)8-3-1-2-7-9(14)4-5-10(15)12(7)8/h1-6,14-15H. The van der Waals surface area contributed by atoms with E-state index in [-0.39, 0.29) is 28.7 Å². The van der Waals surface area contributed by atoms with Crippen LogP contribution < -0.4 is 0 Å². The first-order valence-corrected chi connectivity index (χ1v) is 4.58. The molecular weight excluding hydrogens is 208 g/mol. The Labute approximate surface area is 90.8 Å². The molecule has 0 aromatic heterocycles. The summed E-state index contributed by atoms with van der Waals surface area (Å²) in [5.74, 6) is -0.918. The van der Waals surface area contributed by atoms with E-state index in [9.17, 15) is 19.8 Å². The van der Waals surface area contributed by atoms with E-state index in [1.807, 2.05) is 0 Å². The van der Waals surface area contributed by atoms with E-state index in [1.165, 1.54) is 24.3 Å². The third-order valence-corrected chi connectivity index (χ3v) is 2.37. The first kappa shape index (κ1) is 10.2. The summed E-state index contributed by atoms with van der Waals surface area (Å²) in [5, 5.41) is 19.7. The average Bonchev–Trinajstić information content (AvgIpc) is 2.32. The lowest BCUT2D eigenvalue weighted by Gasteiger charge is -2.06. The smallest absolute Gasteiger partial charge is 0.226 e. The molecule has 0 bridgehead atoms. The Balaban J connectivity index is 2.91. The fraction of sp³-hybridized carbons (Fsp3) is 0. The van der Waals surface area contributed by atoms with Crippen molar-refractivity contribution in [1.82, 2.24) is 0 Å². The zero-order valence-electron chi connectivity index (χ0n) is 8.18. The van der Waals surface area contributed by atoms with Crippen LogP contribution in [0.5, 0.6) is 11.5 Å². The Kier molecular flexibility index (Phi) is 2.32. The quantitative estimate of drug-likeness (QED) is 0.346. The number of carbonyl (C=O) groups is 2. The highest BCUT2D eigenvalue weighted by atomic mass is 16.3. The minimum Gasteiger partial charge on any atom is -0.507 e. The van der Waals surface area contributed by atoms with Gasteiger partial charge in [-0.3, -0.25) is 9.59 Å². The van der Waals surface area contributed by atoms with E-state index < -0.39 is 5.78 Å². The maximum absolute atomic E-state index is 11.3. The van der Waals surface area contributed by atoms with Gasteiger partial charge in [0.05, 0.1) is 0 Å². The Bertz CT molecular complexity index is 587. The van der Waals surface area contributed by atoms with Crippen molar-refractivity contribution >= 4 is 22.8 Å². The highest BCUT2D eigenvalue weighted by Crippen LogP contribution is 2.33. The predicted molar refractivity (Wildman–Crippen MR) is 57.7 cm³/mol. The van der Waals surface area contributed by atoms with Crippen LogP contribution in [0.3, 0.4) is 0 Å². The SMILES string of the molecule is O=CC(=O)c1cccc2c(O)ccc(O)c12. The van der Waals surface area contributed by atoms with E-state index in [2.05, 4.69) is 0 Å². The van der Waals surface area contributed by atoms with Crippen molar-refractivity contribution < 1.29 is 19.8 Å². The molecule has 2 rings (SSSR count). The van der Waals surface area contributed by atoms with Gasteiger partial charge in [0.15, 0.2) is 6.29 Å². The zero-order valence-corrected chi connectivity index (χ0v) is 8.18. The number of phenolic OH excluding ortho intramolecular Hbond substituents is 2. The summed E-state index contributed by atoms with van der Waals surface area (Å²) in [7, 11) is 0. The molecule has 0 atom stereocenters. The normalized spacial score (nSPS) is 10.2. The molecule has 0 amide bonds. The number of aldehydes is 1. The third-order valence-electron chi connectivity index (χ3n) is 2.37. The molecule has 0 radical (unpaired) electrons. The van der Waals surface area contributed by atoms with Crippen molar-refractivity contribution in [1.29, 1.82) is 0 Å². The summed E-state index contributed by atoms with van der Waals surface area (Å²) in [5.41, 5.74) is 0.0842. The van der Waals surface area contributed by atoms with Gasteiger partial charge in [0.25, 0.3) is 0 Å². The maximum atomic E-state index is 11.3. The minimum absolute atomic E-state index is 0.0478. The fourth-order valence-electron chi connectivity index (χ4n) is 1.64. The fourth-order valence-corrected chi connectivity index (χ4v) is 1.64. The molecule has 0 spiro atoms. The summed E-state index contributed by atoms with van der Waals surface area (Å²) in [4.78, 5) is 21.8. The molecule has 4 heteroatoms. The molecule has 80 valence electrons. The van der Waals surface area contributed by atoms with Gasteiger partial charge in [0.2, 0.25) is 5.78 Å². The molecule has 0 fully saturated rings. The number of benzene rings is 2. The number of hydrogen-bond acceptors (Lipinski definition) is 4. The molecular formula is C12H8O4. The van der Waals surface area contributed by atoms with Crippen molar-refractivity contribution in [3.63, 3.8) is 0 Å². The first-order chi connectivity index (χ1) is 7.65. The van der Waals surface area contributed by atoms with Gasteiger partial charge in [-0.15, -0.1) is 0 Å². The van der Waals surface area contributed by atoms with Gasteiger partial charge in [-0.1, -0.05) is 18.2 Å². The average molecular weight is 216 g/mol. The molecule has 0 unspecified atom stereocenters. The van der Waals surface area contributed by atoms with Crippen LogP contribution in [0.4, 0.5) is 0 Å². The second-order valence-corrected chi connectivity index (χ2v) is 3.31. The predicted octanol–water partition coefficient (Wildman–Crippen LogP) is 1.63. The topological polar surface area (TPSA) is 74.6 Å². The van der Waals surface area contributed by atoms with Crippen LogP contribution in [0.1, 0.15) is 10.4 Å². The van der Waals surface area contributed by atoms with Gasteiger partial charge < -0.3 is 10.2 Å². The molecule has 0 aliphatic carbocycles. The molecule has 0 aliphatic heterocycles. The minimum atomic E-state index is -0.730. The molecule has 0 aliphatic rings. The van der Waals surface area contributed by atoms with E-state index in [0.717, 1.165) is 0 Å². The Morgan fingerprint density at radius 3 is 2.44 bits per heavy atom. The summed E-state index contributed by atoms with van der Waals surface area (Å²) in [6.45, 7) is 0. The van der Waals surface area contributed by atoms with Gasteiger partial charge in [-0.25, -0.2) is 0 Å². The van der Waals surface area contributed by atoms with Crippen LogP contribution in [0.2, 0.25) is 0 Å². The van der Waals surface area contributed by atoms with E-state index in [0.29, 0.717) is 5.39 Å². The van der Waals surface area contributed by atoms with E-state index in [4.69, 9.17) is 0 Å². The van der Waals surface area contributed by atoms with Crippen LogP contribution in [0.15, 0.2) is 30.3 Å². The molecule has 2 aromatic rings. The number of hydrogen-bond donors (Lipinski definition) is 2. The van der Waals surface area contributed by atoms with Crippen molar-refractivity contribution in [2.24, 2.45) is 0 Å². The van der Waals surface area contributed by atoms with Gasteiger partial charge in [0.1, 0.15) is 11.5 Å². The Morgan fingerprint density at radius 2 is 1.75 bits per heavy atom. The first-order valence-electron chi connectivity index (χ1n) is 4.58. The molecule has 2 aromatic carbocycles. The van der Waals surface area contributed by atoms with Crippen LogP contribution in [-0.2, 0) is 4.79 Å². The molecule has 0 saturated heterocycles. The molecule has 0 saturated carbocycles. The summed E-state index contributed by atoms with van der Waals surface area (Å²) in [6, 6.07) is 7.13. The largest absolute Gasteiger partial charge is 0.507 e. The molecule has 2 N–H and O–H groups in total. The number of phenols is 2. The summed E-state index contributed by atoms with van der Waals surface area (Å²) < 4.78 is 0. The number of fused-ring (bicyclic) bond motifs is 1. The van der Waals surface area contributed by atoms with Crippen LogP contribution in [0.25, 0.3) is 10.8 Å². The molecule has 16 heavy (non-hydrogen) atoms. The zero-order chi connectivity index (χ0) is 11.7. The second-order valence-electron chi connectivity index (χ2n) is 3.31. The molecule has 4 nitrogen and oxygen atoms in total. The van der Waals surface area contributed by atoms with Gasteiger partial charge in [0, 0.05) is 16.3 Å². The summed E-state index contributed by atoms with van der Waals surface area (Å²) >= 11 is 0. The lowest BCUT2D eigenvalue weighted by atomic mass is 10.0. The number of carbonyl (C=O) groups excluding carboxylic acids is 2. The number of Topliss-reactive ketones (excluding diaryl/α,β-unsaturated/α-hetero) is 1. The monoisotopic (exact) mass is 216 g/mol. The van der Waals surface area contributed by atoms with Crippen LogP contribution in [0, 0.1) is 0 Å². The van der Waals surface area contributed by atoms with Gasteiger partial charge >= 0.3 is 0 Å². The number of rotatable bonds is 2. The van der Waals surface area contributed by atoms with Gasteiger partial charge in [-0.05, 0) is 12.1 Å². The highest BCUT2D eigenvalue weighted by molar-refractivity contribution is 6.36. The maximum Gasteiger partial charge on any atom is 0.226 e.